The molecular weight excluding hydrogens is 412 g/mol. The number of amides is 2. The van der Waals surface area contributed by atoms with Crippen LogP contribution in [0.25, 0.3) is 0 Å². The van der Waals surface area contributed by atoms with Gasteiger partial charge in [0.1, 0.15) is 5.01 Å². The number of hydrogen-bond donors (Lipinski definition) is 0. The van der Waals surface area contributed by atoms with Gasteiger partial charge < -0.3 is 9.64 Å². The largest absolute Gasteiger partial charge is 0.440 e. The van der Waals surface area contributed by atoms with Gasteiger partial charge in [-0.25, -0.2) is 9.69 Å². The molecule has 1 aromatic heterocycles. The fourth-order valence-electron chi connectivity index (χ4n) is 2.89. The molecule has 2 amide bonds. The number of rotatable bonds is 4. The van der Waals surface area contributed by atoms with Crippen LogP contribution in [0, 0.1) is 0 Å². The molecular formula is C20H25ClN4O3S. The highest BCUT2D eigenvalue weighted by atomic mass is 35.5. The first kappa shape index (κ1) is 21.5. The highest BCUT2D eigenvalue weighted by Gasteiger charge is 2.38. The molecule has 29 heavy (non-hydrogen) atoms. The van der Waals surface area contributed by atoms with Gasteiger partial charge in [-0.15, -0.1) is 10.2 Å². The summed E-state index contributed by atoms with van der Waals surface area (Å²) in [4.78, 5) is 28.6. The van der Waals surface area contributed by atoms with E-state index >= 15 is 0 Å². The summed E-state index contributed by atoms with van der Waals surface area (Å²) in [6.07, 6.45) is -0.229. The SMILES string of the molecule is CC(C(=O)OC1CCN(C)C(=O)N1c1nnc(C(C)(C)C)s1)c1ccc(Cl)cc1. The van der Waals surface area contributed by atoms with Crippen LogP contribution in [0.4, 0.5) is 9.93 Å². The van der Waals surface area contributed by atoms with E-state index in [9.17, 15) is 9.59 Å². The van der Waals surface area contributed by atoms with Crippen LogP contribution in [0.1, 0.15) is 50.6 Å². The quantitative estimate of drug-likeness (QED) is 0.663. The van der Waals surface area contributed by atoms with Crippen molar-refractivity contribution in [1.82, 2.24) is 15.1 Å². The second kappa shape index (κ2) is 8.28. The number of urea groups is 1. The number of aromatic nitrogens is 2. The molecule has 1 aliphatic heterocycles. The first-order valence-electron chi connectivity index (χ1n) is 9.42. The minimum absolute atomic E-state index is 0.185. The predicted molar refractivity (Wildman–Crippen MR) is 113 cm³/mol. The number of nitrogens with zero attached hydrogens (tertiary/aromatic N) is 4. The van der Waals surface area contributed by atoms with Gasteiger partial charge in [0, 0.05) is 30.5 Å². The van der Waals surface area contributed by atoms with E-state index in [-0.39, 0.29) is 11.4 Å². The van der Waals surface area contributed by atoms with E-state index in [1.807, 2.05) is 20.8 Å². The molecule has 2 unspecified atom stereocenters. The van der Waals surface area contributed by atoms with Crippen LogP contribution >= 0.6 is 22.9 Å². The molecule has 9 heteroatoms. The molecule has 0 saturated carbocycles. The van der Waals surface area contributed by atoms with Crippen molar-refractivity contribution < 1.29 is 14.3 Å². The van der Waals surface area contributed by atoms with Crippen LogP contribution in [0.3, 0.4) is 0 Å². The average Bonchev–Trinajstić information content (AvgIpc) is 3.15. The summed E-state index contributed by atoms with van der Waals surface area (Å²) in [6, 6.07) is 6.81. The Hall–Kier alpha value is -2.19. The van der Waals surface area contributed by atoms with Gasteiger partial charge in [-0.1, -0.05) is 55.8 Å². The van der Waals surface area contributed by atoms with Crippen LogP contribution in [0.2, 0.25) is 5.02 Å². The van der Waals surface area contributed by atoms with Gasteiger partial charge in [0.05, 0.1) is 5.92 Å². The topological polar surface area (TPSA) is 75.6 Å². The molecule has 0 N–H and O–H groups in total. The lowest BCUT2D eigenvalue weighted by atomic mass is 9.98. The van der Waals surface area contributed by atoms with Crippen LogP contribution in [-0.2, 0) is 14.9 Å². The smallest absolute Gasteiger partial charge is 0.329 e. The van der Waals surface area contributed by atoms with Gasteiger partial charge in [0.15, 0.2) is 6.23 Å². The Balaban J connectivity index is 1.82. The van der Waals surface area contributed by atoms with Crippen molar-refractivity contribution in [3.63, 3.8) is 0 Å². The van der Waals surface area contributed by atoms with Crippen molar-refractivity contribution in [3.05, 3.63) is 39.9 Å². The zero-order valence-corrected chi connectivity index (χ0v) is 18.8. The van der Waals surface area contributed by atoms with Gasteiger partial charge >= 0.3 is 12.0 Å². The zero-order chi connectivity index (χ0) is 21.3. The summed E-state index contributed by atoms with van der Waals surface area (Å²) in [7, 11) is 1.72. The maximum absolute atomic E-state index is 12.8. The minimum Gasteiger partial charge on any atom is -0.440 e. The Bertz CT molecular complexity index is 894. The lowest BCUT2D eigenvalue weighted by Crippen LogP contribution is -2.55. The summed E-state index contributed by atoms with van der Waals surface area (Å²) >= 11 is 7.27. The van der Waals surface area contributed by atoms with E-state index in [4.69, 9.17) is 16.3 Å². The van der Waals surface area contributed by atoms with E-state index in [0.717, 1.165) is 10.6 Å². The number of esters is 1. The van der Waals surface area contributed by atoms with E-state index < -0.39 is 18.1 Å². The zero-order valence-electron chi connectivity index (χ0n) is 17.2. The number of hydrogen-bond acceptors (Lipinski definition) is 6. The van der Waals surface area contributed by atoms with Crippen molar-refractivity contribution in [1.29, 1.82) is 0 Å². The van der Waals surface area contributed by atoms with Gasteiger partial charge in [-0.3, -0.25) is 4.79 Å². The third-order valence-corrected chi connectivity index (χ3v) is 6.37. The number of ether oxygens (including phenoxy) is 1. The number of benzene rings is 1. The van der Waals surface area contributed by atoms with Crippen LogP contribution in [0.5, 0.6) is 0 Å². The molecule has 1 aliphatic rings. The van der Waals surface area contributed by atoms with Crippen molar-refractivity contribution in [2.24, 2.45) is 0 Å². The molecule has 2 heterocycles. The van der Waals surface area contributed by atoms with Crippen molar-refractivity contribution >= 4 is 40.1 Å². The van der Waals surface area contributed by atoms with Gasteiger partial charge in [0.25, 0.3) is 0 Å². The highest BCUT2D eigenvalue weighted by Crippen LogP contribution is 2.33. The molecule has 1 saturated heterocycles. The molecule has 2 atom stereocenters. The summed E-state index contributed by atoms with van der Waals surface area (Å²) < 4.78 is 5.76. The lowest BCUT2D eigenvalue weighted by Gasteiger charge is -2.37. The Kier molecular flexibility index (Phi) is 6.14. The summed E-state index contributed by atoms with van der Waals surface area (Å²) in [5.74, 6) is -0.885. The number of anilines is 1. The van der Waals surface area contributed by atoms with Gasteiger partial charge in [-0.05, 0) is 24.6 Å². The van der Waals surface area contributed by atoms with Crippen LogP contribution < -0.4 is 4.90 Å². The Morgan fingerprint density at radius 3 is 2.52 bits per heavy atom. The molecule has 0 aliphatic carbocycles. The second-order valence-electron chi connectivity index (χ2n) is 8.17. The molecule has 0 spiro atoms. The minimum atomic E-state index is -0.721. The number of carbonyl (C=O) groups is 2. The van der Waals surface area contributed by atoms with E-state index in [1.54, 1.807) is 43.1 Å². The molecule has 7 nitrogen and oxygen atoms in total. The summed E-state index contributed by atoms with van der Waals surface area (Å²) in [5, 5.41) is 10.3. The molecule has 1 fully saturated rings. The fourth-order valence-corrected chi connectivity index (χ4v) is 3.95. The Labute approximate surface area is 179 Å². The number of carbonyl (C=O) groups excluding carboxylic acids is 2. The normalized spacial score (nSPS) is 18.7. The third-order valence-electron chi connectivity index (χ3n) is 4.77. The Morgan fingerprint density at radius 2 is 1.93 bits per heavy atom. The first-order chi connectivity index (χ1) is 13.6. The number of halogens is 1. The first-order valence-corrected chi connectivity index (χ1v) is 10.6. The maximum Gasteiger partial charge on any atom is 0.329 e. The van der Waals surface area contributed by atoms with Gasteiger partial charge in [0.2, 0.25) is 5.13 Å². The van der Waals surface area contributed by atoms with Crippen LogP contribution in [0.15, 0.2) is 24.3 Å². The molecule has 0 bridgehead atoms. The van der Waals surface area contributed by atoms with E-state index in [2.05, 4.69) is 10.2 Å². The maximum atomic E-state index is 12.8. The monoisotopic (exact) mass is 436 g/mol. The van der Waals surface area contributed by atoms with Gasteiger partial charge in [-0.2, -0.15) is 0 Å². The molecule has 156 valence electrons. The second-order valence-corrected chi connectivity index (χ2v) is 9.56. The summed E-state index contributed by atoms with van der Waals surface area (Å²) in [5.41, 5.74) is 0.617. The lowest BCUT2D eigenvalue weighted by molar-refractivity contribution is -0.151. The predicted octanol–water partition coefficient (Wildman–Crippen LogP) is 4.42. The summed E-state index contributed by atoms with van der Waals surface area (Å²) in [6.45, 7) is 8.37. The van der Waals surface area contributed by atoms with E-state index in [0.29, 0.717) is 23.1 Å². The standard InChI is InChI=1S/C20H25ClN4O3S/c1-12(13-6-8-14(21)9-7-13)16(26)28-15-10-11-24(5)19(27)25(15)18-23-22-17(29-18)20(2,3)4/h6-9,12,15H,10-11H2,1-5H3. The Morgan fingerprint density at radius 1 is 1.28 bits per heavy atom. The van der Waals surface area contributed by atoms with E-state index in [1.165, 1.54) is 16.2 Å². The molecule has 0 radical (unpaired) electrons. The fraction of sp³-hybridized carbons (Fsp3) is 0.500. The average molecular weight is 437 g/mol. The van der Waals surface area contributed by atoms with Crippen LogP contribution in [-0.4, -0.2) is 46.9 Å². The third kappa shape index (κ3) is 4.70. The van der Waals surface area contributed by atoms with Crippen molar-refractivity contribution in [2.75, 3.05) is 18.5 Å². The van der Waals surface area contributed by atoms with Crippen molar-refractivity contribution in [2.45, 2.75) is 51.7 Å². The molecule has 3 rings (SSSR count). The van der Waals surface area contributed by atoms with Crippen molar-refractivity contribution in [3.8, 4) is 0 Å². The molecule has 1 aromatic carbocycles. The molecule has 2 aromatic rings. The highest BCUT2D eigenvalue weighted by molar-refractivity contribution is 7.15.